The molecule has 28 heavy (non-hydrogen) atoms. The van der Waals surface area contributed by atoms with Crippen molar-refractivity contribution in [3.63, 3.8) is 0 Å². The zero-order valence-electron chi connectivity index (χ0n) is 14.8. The molecular weight excluding hydrogens is 430 g/mol. The molecule has 0 saturated carbocycles. The number of hydrogen-bond acceptors (Lipinski definition) is 5. The second-order valence-electron chi connectivity index (χ2n) is 6.45. The number of nitro groups is 1. The highest BCUT2D eigenvalue weighted by Gasteiger charge is 2.41. The van der Waals surface area contributed by atoms with Crippen molar-refractivity contribution in [2.24, 2.45) is 0 Å². The molecule has 1 heterocycles. The van der Waals surface area contributed by atoms with Gasteiger partial charge < -0.3 is 5.32 Å². The standard InChI is InChI=1S/C19H16BrN3O5/c1-11(9-12-5-7-13(20)8-6-12)21-16(24)10-22-18(25)14-3-2-4-15(23(27)28)17(14)19(22)26/h2-8,11H,9-10H2,1H3,(H,21,24). The van der Waals surface area contributed by atoms with Gasteiger partial charge in [-0.25, -0.2) is 0 Å². The molecule has 8 nitrogen and oxygen atoms in total. The van der Waals surface area contributed by atoms with Crippen LogP contribution in [0.5, 0.6) is 0 Å². The topological polar surface area (TPSA) is 110 Å². The van der Waals surface area contributed by atoms with Gasteiger partial charge in [0.05, 0.1) is 10.5 Å². The summed E-state index contributed by atoms with van der Waals surface area (Å²) in [5, 5.41) is 13.9. The van der Waals surface area contributed by atoms with Crippen LogP contribution < -0.4 is 5.32 Å². The average molecular weight is 446 g/mol. The number of carbonyl (C=O) groups excluding carboxylic acids is 3. The van der Waals surface area contributed by atoms with Crippen molar-refractivity contribution in [1.82, 2.24) is 10.2 Å². The van der Waals surface area contributed by atoms with Crippen molar-refractivity contribution in [2.75, 3.05) is 6.54 Å². The maximum absolute atomic E-state index is 12.5. The van der Waals surface area contributed by atoms with Crippen LogP contribution in [-0.2, 0) is 11.2 Å². The number of hydrogen-bond donors (Lipinski definition) is 1. The van der Waals surface area contributed by atoms with E-state index >= 15 is 0 Å². The van der Waals surface area contributed by atoms with Gasteiger partial charge in [-0.3, -0.25) is 29.4 Å². The third-order valence-electron chi connectivity index (χ3n) is 4.34. The lowest BCUT2D eigenvalue weighted by atomic mass is 10.1. The molecule has 0 fully saturated rings. The normalized spacial score (nSPS) is 14.0. The predicted molar refractivity (Wildman–Crippen MR) is 104 cm³/mol. The van der Waals surface area contributed by atoms with Gasteiger partial charge in [0.2, 0.25) is 5.91 Å². The summed E-state index contributed by atoms with van der Waals surface area (Å²) in [5.74, 6) is -2.05. The van der Waals surface area contributed by atoms with Gasteiger partial charge in [-0.15, -0.1) is 0 Å². The Balaban J connectivity index is 1.66. The summed E-state index contributed by atoms with van der Waals surface area (Å²) in [4.78, 5) is 48.4. The Labute approximate surface area is 168 Å². The Kier molecular flexibility index (Phi) is 5.55. The van der Waals surface area contributed by atoms with Gasteiger partial charge in [-0.2, -0.15) is 0 Å². The van der Waals surface area contributed by atoms with E-state index in [-0.39, 0.29) is 17.2 Å². The van der Waals surface area contributed by atoms with Gasteiger partial charge >= 0.3 is 0 Å². The highest BCUT2D eigenvalue weighted by atomic mass is 79.9. The van der Waals surface area contributed by atoms with Crippen LogP contribution >= 0.6 is 15.9 Å². The largest absolute Gasteiger partial charge is 0.352 e. The van der Waals surface area contributed by atoms with E-state index < -0.39 is 34.9 Å². The Morgan fingerprint density at radius 1 is 1.18 bits per heavy atom. The van der Waals surface area contributed by atoms with E-state index in [1.165, 1.54) is 12.1 Å². The van der Waals surface area contributed by atoms with Crippen molar-refractivity contribution in [3.8, 4) is 0 Å². The maximum Gasteiger partial charge on any atom is 0.282 e. The first-order chi connectivity index (χ1) is 13.3. The van der Waals surface area contributed by atoms with Crippen LogP contribution in [0.25, 0.3) is 0 Å². The summed E-state index contributed by atoms with van der Waals surface area (Å²) in [6.07, 6.45) is 0.576. The SMILES string of the molecule is CC(Cc1ccc(Br)cc1)NC(=O)CN1C(=O)c2cccc([N+](=O)[O-])c2C1=O. The van der Waals surface area contributed by atoms with E-state index in [1.807, 2.05) is 31.2 Å². The van der Waals surface area contributed by atoms with Crippen molar-refractivity contribution >= 4 is 39.3 Å². The molecule has 9 heteroatoms. The summed E-state index contributed by atoms with van der Waals surface area (Å²) < 4.78 is 0.952. The van der Waals surface area contributed by atoms with Gasteiger partial charge in [0, 0.05) is 16.6 Å². The second kappa shape index (κ2) is 7.89. The van der Waals surface area contributed by atoms with Crippen molar-refractivity contribution in [3.05, 3.63) is 73.7 Å². The lowest BCUT2D eigenvalue weighted by Crippen LogP contribution is -2.43. The molecule has 0 bridgehead atoms. The van der Waals surface area contributed by atoms with Gasteiger partial charge in [0.15, 0.2) is 0 Å². The number of halogens is 1. The predicted octanol–water partition coefficient (Wildman–Crippen LogP) is 2.70. The number of fused-ring (bicyclic) bond motifs is 1. The summed E-state index contributed by atoms with van der Waals surface area (Å²) in [6, 6.07) is 11.3. The van der Waals surface area contributed by atoms with Crippen LogP contribution in [-0.4, -0.2) is 40.1 Å². The van der Waals surface area contributed by atoms with Crippen LogP contribution in [0.3, 0.4) is 0 Å². The zero-order chi connectivity index (χ0) is 20.4. The van der Waals surface area contributed by atoms with Gasteiger partial charge in [-0.1, -0.05) is 34.1 Å². The second-order valence-corrected chi connectivity index (χ2v) is 7.37. The minimum Gasteiger partial charge on any atom is -0.352 e. The number of benzene rings is 2. The molecule has 0 aliphatic carbocycles. The number of carbonyl (C=O) groups is 3. The molecule has 144 valence electrons. The van der Waals surface area contributed by atoms with Crippen LogP contribution in [0, 0.1) is 10.1 Å². The first-order valence-electron chi connectivity index (χ1n) is 8.45. The van der Waals surface area contributed by atoms with Gasteiger partial charge in [0.1, 0.15) is 12.1 Å². The number of imide groups is 1. The fraction of sp³-hybridized carbons (Fsp3) is 0.211. The number of nitro benzene ring substituents is 1. The molecule has 1 aliphatic rings. The Bertz CT molecular complexity index is 974. The fourth-order valence-corrected chi connectivity index (χ4v) is 3.36. The van der Waals surface area contributed by atoms with Gasteiger partial charge in [0.25, 0.3) is 17.5 Å². The van der Waals surface area contributed by atoms with E-state index in [0.717, 1.165) is 21.0 Å². The lowest BCUT2D eigenvalue weighted by Gasteiger charge is -2.17. The van der Waals surface area contributed by atoms with Gasteiger partial charge in [-0.05, 0) is 37.1 Å². The highest BCUT2D eigenvalue weighted by Crippen LogP contribution is 2.30. The van der Waals surface area contributed by atoms with Crippen LogP contribution in [0.1, 0.15) is 33.2 Å². The first-order valence-corrected chi connectivity index (χ1v) is 9.24. The molecule has 1 N–H and O–H groups in total. The molecule has 2 aromatic rings. The summed E-state index contributed by atoms with van der Waals surface area (Å²) in [5.41, 5.74) is 0.248. The molecule has 2 aromatic carbocycles. The molecule has 1 unspecified atom stereocenters. The zero-order valence-corrected chi connectivity index (χ0v) is 16.4. The van der Waals surface area contributed by atoms with Crippen molar-refractivity contribution in [2.45, 2.75) is 19.4 Å². The number of rotatable bonds is 6. The summed E-state index contributed by atoms with van der Waals surface area (Å²) in [6.45, 7) is 1.32. The molecule has 3 rings (SSSR count). The van der Waals surface area contributed by atoms with Crippen molar-refractivity contribution < 1.29 is 19.3 Å². The third-order valence-corrected chi connectivity index (χ3v) is 4.87. The number of nitrogens with zero attached hydrogens (tertiary/aromatic N) is 2. The number of amides is 3. The Hall–Kier alpha value is -3.07. The minimum absolute atomic E-state index is 0.0603. The van der Waals surface area contributed by atoms with Crippen LogP contribution in [0.4, 0.5) is 5.69 Å². The lowest BCUT2D eigenvalue weighted by molar-refractivity contribution is -0.385. The van der Waals surface area contributed by atoms with E-state index in [2.05, 4.69) is 21.2 Å². The monoisotopic (exact) mass is 445 g/mol. The maximum atomic E-state index is 12.5. The molecule has 3 amide bonds. The van der Waals surface area contributed by atoms with Crippen molar-refractivity contribution in [1.29, 1.82) is 0 Å². The quantitative estimate of drug-likeness (QED) is 0.417. The molecular formula is C19H16BrN3O5. The molecule has 1 aliphatic heterocycles. The highest BCUT2D eigenvalue weighted by molar-refractivity contribution is 9.10. The Morgan fingerprint density at radius 3 is 2.50 bits per heavy atom. The van der Waals surface area contributed by atoms with E-state index in [9.17, 15) is 24.5 Å². The molecule has 0 aromatic heterocycles. The van der Waals surface area contributed by atoms with E-state index in [1.54, 1.807) is 0 Å². The van der Waals surface area contributed by atoms with E-state index in [4.69, 9.17) is 0 Å². The first kappa shape index (κ1) is 19.7. The third kappa shape index (κ3) is 3.94. The average Bonchev–Trinajstić information content (AvgIpc) is 2.88. The molecule has 0 saturated heterocycles. The molecule has 1 atom stereocenters. The van der Waals surface area contributed by atoms with Crippen LogP contribution in [0.15, 0.2) is 46.9 Å². The minimum atomic E-state index is -0.831. The smallest absolute Gasteiger partial charge is 0.282 e. The Morgan fingerprint density at radius 2 is 1.86 bits per heavy atom. The van der Waals surface area contributed by atoms with E-state index in [0.29, 0.717) is 6.42 Å². The summed E-state index contributed by atoms with van der Waals surface area (Å²) >= 11 is 3.36. The molecule has 0 spiro atoms. The molecule has 0 radical (unpaired) electrons. The fourth-order valence-electron chi connectivity index (χ4n) is 3.10. The van der Waals surface area contributed by atoms with Crippen LogP contribution in [0.2, 0.25) is 0 Å². The number of nitrogens with one attached hydrogen (secondary N) is 1. The summed E-state index contributed by atoms with van der Waals surface area (Å²) in [7, 11) is 0.